The van der Waals surface area contributed by atoms with Crippen molar-refractivity contribution in [3.05, 3.63) is 87.7 Å². The molecule has 0 amide bonds. The maximum atomic E-state index is 13.2. The average molecular weight is 506 g/mol. The number of hydrogen-bond acceptors (Lipinski definition) is 7. The van der Waals surface area contributed by atoms with Crippen LogP contribution in [0.4, 0.5) is 10.1 Å². The molecule has 0 spiro atoms. The van der Waals surface area contributed by atoms with E-state index < -0.39 is 22.2 Å². The quantitative estimate of drug-likeness (QED) is 0.254. The van der Waals surface area contributed by atoms with Gasteiger partial charge < -0.3 is 24.8 Å². The predicted molar refractivity (Wildman–Crippen MR) is 131 cm³/mol. The molecule has 0 saturated carbocycles. The normalized spacial score (nSPS) is 23.9. The number of rotatable bonds is 6. The van der Waals surface area contributed by atoms with E-state index in [0.29, 0.717) is 27.8 Å². The Labute approximate surface area is 210 Å². The third kappa shape index (κ3) is 3.22. The molecule has 1 saturated heterocycles. The average Bonchev–Trinajstić information content (AvgIpc) is 3.40. The first-order chi connectivity index (χ1) is 17.7. The second-order valence-electron chi connectivity index (χ2n) is 9.61. The van der Waals surface area contributed by atoms with Gasteiger partial charge in [0.1, 0.15) is 22.8 Å². The van der Waals surface area contributed by atoms with E-state index in [0.717, 1.165) is 0 Å². The lowest BCUT2D eigenvalue weighted by Gasteiger charge is -2.26. The number of ether oxygens (including phenoxy) is 2. The van der Waals surface area contributed by atoms with Crippen molar-refractivity contribution in [3.63, 3.8) is 0 Å². The fraction of sp³-hybridized carbons (Fsp3) is 0.259. The summed E-state index contributed by atoms with van der Waals surface area (Å²) in [5.41, 5.74) is -1.56. The molecule has 0 aliphatic carbocycles. The number of nitro groups is 1. The molecule has 3 heterocycles. The highest BCUT2D eigenvalue weighted by molar-refractivity contribution is 5.97. The van der Waals surface area contributed by atoms with Crippen LogP contribution < -0.4 is 4.74 Å². The Bertz CT molecular complexity index is 1570. The number of aromatic hydroxyl groups is 2. The Morgan fingerprint density at radius 1 is 1.08 bits per heavy atom. The molecule has 190 valence electrons. The van der Waals surface area contributed by atoms with Gasteiger partial charge in [-0.2, -0.15) is 0 Å². The fourth-order valence-corrected chi connectivity index (χ4v) is 5.83. The lowest BCUT2D eigenvalue weighted by atomic mass is 9.76. The highest BCUT2D eigenvalue weighted by Gasteiger charge is 2.66. The number of aliphatic hydroxyl groups is 1. The van der Waals surface area contributed by atoms with Crippen LogP contribution in [0.15, 0.2) is 60.7 Å². The monoisotopic (exact) mass is 506 g/mol. The standard InChI is InChI=1S/C27H23FN2O7/c1-26-21(31)14-27(37-26,12-13-36-16-8-6-15(28)7-9-16)23-22(26)24(32)29(25(23)33)19-10-11-20(30(34)35)18-5-3-2-4-17(18)19/h2-11,21,31-33H,12-14H2,1H3/t21-,26-,27+/m0/s1. The van der Waals surface area contributed by atoms with Gasteiger partial charge in [-0.05, 0) is 43.3 Å². The van der Waals surface area contributed by atoms with Crippen LogP contribution in [0.1, 0.15) is 30.9 Å². The number of nitrogens with zero attached hydrogens (tertiary/aromatic N) is 2. The van der Waals surface area contributed by atoms with Crippen LogP contribution in [-0.2, 0) is 15.9 Å². The van der Waals surface area contributed by atoms with Crippen molar-refractivity contribution in [2.45, 2.75) is 37.1 Å². The van der Waals surface area contributed by atoms with E-state index in [4.69, 9.17) is 9.47 Å². The van der Waals surface area contributed by atoms with Crippen molar-refractivity contribution >= 4 is 16.5 Å². The van der Waals surface area contributed by atoms with Gasteiger partial charge in [-0.15, -0.1) is 0 Å². The molecule has 3 N–H and O–H groups in total. The minimum atomic E-state index is -1.28. The second-order valence-corrected chi connectivity index (χ2v) is 9.61. The molecule has 2 aliphatic heterocycles. The molecule has 1 fully saturated rings. The van der Waals surface area contributed by atoms with Gasteiger partial charge in [-0.3, -0.25) is 14.7 Å². The molecule has 0 radical (unpaired) electrons. The van der Waals surface area contributed by atoms with Gasteiger partial charge in [0.25, 0.3) is 5.69 Å². The lowest BCUT2D eigenvalue weighted by Crippen LogP contribution is -2.33. The van der Waals surface area contributed by atoms with E-state index in [2.05, 4.69) is 0 Å². The number of non-ortho nitro benzene ring substituents is 1. The van der Waals surface area contributed by atoms with Gasteiger partial charge in [0, 0.05) is 24.3 Å². The van der Waals surface area contributed by atoms with Crippen LogP contribution >= 0.6 is 0 Å². The molecule has 0 unspecified atom stereocenters. The molecule has 3 atom stereocenters. The van der Waals surface area contributed by atoms with Crippen molar-refractivity contribution < 1.29 is 34.1 Å². The van der Waals surface area contributed by atoms with E-state index in [1.54, 1.807) is 31.2 Å². The van der Waals surface area contributed by atoms with Crippen molar-refractivity contribution in [2.24, 2.45) is 0 Å². The summed E-state index contributed by atoms with van der Waals surface area (Å²) in [6.45, 7) is 1.79. The number of aliphatic hydroxyl groups excluding tert-OH is 1. The van der Waals surface area contributed by atoms with Gasteiger partial charge in [-0.25, -0.2) is 4.39 Å². The summed E-state index contributed by atoms with van der Waals surface area (Å²) < 4.78 is 26.5. The van der Waals surface area contributed by atoms with Crippen LogP contribution in [-0.4, -0.2) is 37.5 Å². The first-order valence-corrected chi connectivity index (χ1v) is 11.8. The Balaban J connectivity index is 1.45. The third-order valence-corrected chi connectivity index (χ3v) is 7.54. The summed E-state index contributed by atoms with van der Waals surface area (Å²) in [5.74, 6) is -0.512. The summed E-state index contributed by atoms with van der Waals surface area (Å²) in [7, 11) is 0. The van der Waals surface area contributed by atoms with E-state index in [-0.39, 0.29) is 48.3 Å². The topological polar surface area (TPSA) is 127 Å². The first kappa shape index (κ1) is 23.3. The van der Waals surface area contributed by atoms with E-state index in [9.17, 15) is 29.8 Å². The number of fused-ring (bicyclic) bond motifs is 6. The third-order valence-electron chi connectivity index (χ3n) is 7.54. The Morgan fingerprint density at radius 3 is 2.46 bits per heavy atom. The van der Waals surface area contributed by atoms with Crippen molar-refractivity contribution in [1.82, 2.24) is 4.57 Å². The summed E-state index contributed by atoms with van der Waals surface area (Å²) in [6, 6.07) is 15.0. The molecule has 37 heavy (non-hydrogen) atoms. The van der Waals surface area contributed by atoms with Crippen LogP contribution in [0.25, 0.3) is 16.5 Å². The first-order valence-electron chi connectivity index (χ1n) is 11.8. The second kappa shape index (κ2) is 7.92. The number of halogens is 1. The van der Waals surface area contributed by atoms with E-state index in [1.807, 2.05) is 0 Å². The number of nitro benzene ring substituents is 1. The molecule has 2 bridgehead atoms. The molecular weight excluding hydrogens is 483 g/mol. The molecule has 2 aliphatic rings. The molecule has 3 aromatic carbocycles. The summed E-state index contributed by atoms with van der Waals surface area (Å²) >= 11 is 0. The van der Waals surface area contributed by atoms with Crippen LogP contribution in [0.3, 0.4) is 0 Å². The summed E-state index contributed by atoms with van der Waals surface area (Å²) in [5, 5.41) is 46.2. The molecule has 4 aromatic rings. The smallest absolute Gasteiger partial charge is 0.277 e. The fourth-order valence-electron chi connectivity index (χ4n) is 5.83. The molecule has 6 rings (SSSR count). The van der Waals surface area contributed by atoms with Crippen molar-refractivity contribution in [1.29, 1.82) is 0 Å². The van der Waals surface area contributed by atoms with Crippen molar-refractivity contribution in [3.8, 4) is 23.2 Å². The maximum Gasteiger partial charge on any atom is 0.277 e. The highest BCUT2D eigenvalue weighted by atomic mass is 19.1. The molecule has 1 aromatic heterocycles. The maximum absolute atomic E-state index is 13.2. The van der Waals surface area contributed by atoms with Gasteiger partial charge in [-0.1, -0.05) is 18.2 Å². The predicted octanol–water partition coefficient (Wildman–Crippen LogP) is 4.76. The number of aromatic nitrogens is 1. The molecular formula is C27H23FN2O7. The zero-order valence-electron chi connectivity index (χ0n) is 19.7. The summed E-state index contributed by atoms with van der Waals surface area (Å²) in [6.07, 6.45) is -0.552. The minimum absolute atomic E-state index is 0.0989. The Hall–Kier alpha value is -4.15. The van der Waals surface area contributed by atoms with Crippen LogP contribution in [0.2, 0.25) is 0 Å². The van der Waals surface area contributed by atoms with Gasteiger partial charge in [0.15, 0.2) is 0 Å². The Kier molecular flexibility index (Phi) is 4.98. The van der Waals surface area contributed by atoms with E-state index in [1.165, 1.54) is 41.0 Å². The number of benzene rings is 3. The zero-order valence-corrected chi connectivity index (χ0v) is 19.7. The van der Waals surface area contributed by atoms with Gasteiger partial charge in [0.2, 0.25) is 11.8 Å². The molecule has 9 nitrogen and oxygen atoms in total. The molecule has 10 heteroatoms. The lowest BCUT2D eigenvalue weighted by molar-refractivity contribution is -0.383. The van der Waals surface area contributed by atoms with Crippen LogP contribution in [0.5, 0.6) is 17.5 Å². The zero-order chi connectivity index (χ0) is 26.1. The Morgan fingerprint density at radius 2 is 1.76 bits per heavy atom. The van der Waals surface area contributed by atoms with Crippen molar-refractivity contribution in [2.75, 3.05) is 6.61 Å². The van der Waals surface area contributed by atoms with Crippen LogP contribution in [0, 0.1) is 15.9 Å². The highest BCUT2D eigenvalue weighted by Crippen LogP contribution is 2.65. The van der Waals surface area contributed by atoms with Gasteiger partial charge in [0.05, 0.1) is 39.8 Å². The van der Waals surface area contributed by atoms with E-state index >= 15 is 0 Å². The summed E-state index contributed by atoms with van der Waals surface area (Å²) in [4.78, 5) is 11.1. The minimum Gasteiger partial charge on any atom is -0.494 e. The largest absolute Gasteiger partial charge is 0.494 e. The SMILES string of the molecule is C[C@]12O[C@](CCOc3ccc(F)cc3)(C[C@@H]1O)c1c2c(O)n(-c2ccc([N+](=O)[O-])c3ccccc23)c1O. The number of hydrogen-bond donors (Lipinski definition) is 3. The van der Waals surface area contributed by atoms with Gasteiger partial charge >= 0.3 is 0 Å².